The summed E-state index contributed by atoms with van der Waals surface area (Å²) < 4.78 is 28.8. The van der Waals surface area contributed by atoms with Gasteiger partial charge in [0.2, 0.25) is 5.91 Å². The largest absolute Gasteiger partial charge is 0.494 e. The van der Waals surface area contributed by atoms with Gasteiger partial charge >= 0.3 is 0 Å². The summed E-state index contributed by atoms with van der Waals surface area (Å²) in [6.07, 6.45) is 4.60. The van der Waals surface area contributed by atoms with Gasteiger partial charge < -0.3 is 14.5 Å². The van der Waals surface area contributed by atoms with Gasteiger partial charge in [-0.2, -0.15) is 0 Å². The lowest BCUT2D eigenvalue weighted by Crippen LogP contribution is -2.49. The zero-order valence-corrected chi connectivity index (χ0v) is 20.8. The SMILES string of the molecule is CCCN(C(=O)CCCOc1ccc(S(C)(=O)=O)cc1)C1CCN(C(=O)c2ccccc2)CC1. The molecule has 184 valence electrons. The Kier molecular flexibility index (Phi) is 9.10. The summed E-state index contributed by atoms with van der Waals surface area (Å²) in [5.41, 5.74) is 0.702. The minimum Gasteiger partial charge on any atom is -0.494 e. The average Bonchev–Trinajstić information content (AvgIpc) is 2.85. The molecule has 0 bridgehead atoms. The molecule has 0 N–H and O–H groups in total. The Morgan fingerprint density at radius 3 is 2.26 bits per heavy atom. The van der Waals surface area contributed by atoms with E-state index in [0.29, 0.717) is 50.4 Å². The van der Waals surface area contributed by atoms with Crippen LogP contribution in [0.3, 0.4) is 0 Å². The van der Waals surface area contributed by atoms with Gasteiger partial charge in [-0.15, -0.1) is 0 Å². The van der Waals surface area contributed by atoms with Gasteiger partial charge in [0.1, 0.15) is 5.75 Å². The minimum absolute atomic E-state index is 0.0501. The van der Waals surface area contributed by atoms with E-state index in [-0.39, 0.29) is 22.8 Å². The first-order valence-corrected chi connectivity index (χ1v) is 13.8. The van der Waals surface area contributed by atoms with Crippen molar-refractivity contribution in [1.82, 2.24) is 9.80 Å². The minimum atomic E-state index is -3.23. The first-order valence-electron chi connectivity index (χ1n) is 11.9. The summed E-state index contributed by atoms with van der Waals surface area (Å²) in [4.78, 5) is 29.8. The molecular weight excluding hydrogens is 452 g/mol. The molecule has 0 atom stereocenters. The van der Waals surface area contributed by atoms with Crippen LogP contribution in [-0.4, -0.2) is 68.6 Å². The molecule has 1 aliphatic heterocycles. The highest BCUT2D eigenvalue weighted by atomic mass is 32.2. The molecular formula is C26H34N2O5S. The fourth-order valence-corrected chi connectivity index (χ4v) is 4.87. The Hall–Kier alpha value is -2.87. The number of hydrogen-bond acceptors (Lipinski definition) is 5. The van der Waals surface area contributed by atoms with Crippen LogP contribution in [0.1, 0.15) is 49.4 Å². The number of hydrogen-bond donors (Lipinski definition) is 0. The van der Waals surface area contributed by atoms with Crippen molar-refractivity contribution >= 4 is 21.7 Å². The van der Waals surface area contributed by atoms with Crippen molar-refractivity contribution in [3.8, 4) is 5.75 Å². The summed E-state index contributed by atoms with van der Waals surface area (Å²) in [7, 11) is -3.23. The Morgan fingerprint density at radius 2 is 1.68 bits per heavy atom. The highest BCUT2D eigenvalue weighted by Gasteiger charge is 2.29. The Bertz CT molecular complexity index is 1050. The molecule has 1 heterocycles. The van der Waals surface area contributed by atoms with E-state index in [1.807, 2.05) is 40.1 Å². The van der Waals surface area contributed by atoms with Crippen molar-refractivity contribution in [2.45, 2.75) is 50.0 Å². The Morgan fingerprint density at radius 1 is 1.03 bits per heavy atom. The van der Waals surface area contributed by atoms with E-state index in [4.69, 9.17) is 4.74 Å². The molecule has 7 nitrogen and oxygen atoms in total. The predicted octanol–water partition coefficient (Wildman–Crippen LogP) is 3.79. The smallest absolute Gasteiger partial charge is 0.253 e. The molecule has 2 aromatic rings. The average molecular weight is 487 g/mol. The van der Waals surface area contributed by atoms with Crippen LogP contribution in [0, 0.1) is 0 Å². The highest BCUT2D eigenvalue weighted by Crippen LogP contribution is 2.21. The van der Waals surface area contributed by atoms with Gasteiger partial charge in [0, 0.05) is 43.9 Å². The van der Waals surface area contributed by atoms with Crippen molar-refractivity contribution in [2.75, 3.05) is 32.5 Å². The van der Waals surface area contributed by atoms with E-state index < -0.39 is 9.84 Å². The van der Waals surface area contributed by atoms with Gasteiger partial charge in [-0.25, -0.2) is 8.42 Å². The first kappa shape index (κ1) is 25.7. The summed E-state index contributed by atoms with van der Waals surface area (Å²) in [5, 5.41) is 0. The number of rotatable bonds is 10. The molecule has 1 saturated heterocycles. The molecule has 0 radical (unpaired) electrons. The topological polar surface area (TPSA) is 84.0 Å². The lowest BCUT2D eigenvalue weighted by molar-refractivity contribution is -0.134. The zero-order chi connectivity index (χ0) is 24.6. The second-order valence-corrected chi connectivity index (χ2v) is 10.7. The Balaban J connectivity index is 1.45. The normalized spacial score (nSPS) is 14.6. The summed E-state index contributed by atoms with van der Waals surface area (Å²) in [5.74, 6) is 0.751. The van der Waals surface area contributed by atoms with Crippen LogP contribution < -0.4 is 4.74 Å². The van der Waals surface area contributed by atoms with Crippen LogP contribution in [0.15, 0.2) is 59.5 Å². The van der Waals surface area contributed by atoms with Gasteiger partial charge in [-0.05, 0) is 62.1 Å². The number of ether oxygens (including phenoxy) is 1. The molecule has 0 spiro atoms. The molecule has 3 rings (SSSR count). The van der Waals surface area contributed by atoms with Crippen molar-refractivity contribution in [3.63, 3.8) is 0 Å². The molecule has 1 fully saturated rings. The van der Waals surface area contributed by atoms with Gasteiger partial charge in [-0.3, -0.25) is 9.59 Å². The first-order chi connectivity index (χ1) is 16.3. The molecule has 34 heavy (non-hydrogen) atoms. The Labute approximate surface area is 202 Å². The lowest BCUT2D eigenvalue weighted by Gasteiger charge is -2.38. The number of nitrogens with zero attached hydrogens (tertiary/aromatic N) is 2. The summed E-state index contributed by atoms with van der Waals surface area (Å²) in [6.45, 7) is 4.46. The van der Waals surface area contributed by atoms with Crippen LogP contribution >= 0.6 is 0 Å². The molecule has 8 heteroatoms. The molecule has 1 aliphatic rings. The number of carbonyl (C=O) groups excluding carboxylic acids is 2. The second-order valence-electron chi connectivity index (χ2n) is 8.67. The molecule has 0 aromatic heterocycles. The van der Waals surface area contributed by atoms with Gasteiger partial charge in [0.25, 0.3) is 5.91 Å². The number of carbonyl (C=O) groups is 2. The quantitative estimate of drug-likeness (QED) is 0.477. The van der Waals surface area contributed by atoms with E-state index in [0.717, 1.165) is 19.3 Å². The monoisotopic (exact) mass is 486 g/mol. The van der Waals surface area contributed by atoms with Gasteiger partial charge in [-0.1, -0.05) is 25.1 Å². The standard InChI is InChI=1S/C26H34N2O5S/c1-3-17-28(22-15-18-27(19-16-22)26(30)21-8-5-4-6-9-21)25(29)10-7-20-33-23-11-13-24(14-12-23)34(2,31)32/h4-6,8-9,11-14,22H,3,7,10,15-20H2,1-2H3. The molecule has 0 unspecified atom stereocenters. The van der Waals surface area contributed by atoms with Crippen molar-refractivity contribution in [3.05, 3.63) is 60.2 Å². The van der Waals surface area contributed by atoms with Gasteiger partial charge in [0.15, 0.2) is 9.84 Å². The summed E-state index contributed by atoms with van der Waals surface area (Å²) >= 11 is 0. The van der Waals surface area contributed by atoms with E-state index in [1.165, 1.54) is 18.4 Å². The number of benzene rings is 2. The van der Waals surface area contributed by atoms with Crippen LogP contribution in [0.5, 0.6) is 5.75 Å². The fraction of sp³-hybridized carbons (Fsp3) is 0.462. The van der Waals surface area contributed by atoms with Crippen LogP contribution in [0.4, 0.5) is 0 Å². The third kappa shape index (κ3) is 7.06. The maximum Gasteiger partial charge on any atom is 0.253 e. The number of piperidine rings is 1. The third-order valence-corrected chi connectivity index (χ3v) is 7.18. The molecule has 2 amide bonds. The van der Waals surface area contributed by atoms with Crippen molar-refractivity contribution in [1.29, 1.82) is 0 Å². The predicted molar refractivity (Wildman–Crippen MR) is 132 cm³/mol. The van der Waals surface area contributed by atoms with Crippen molar-refractivity contribution in [2.24, 2.45) is 0 Å². The number of amides is 2. The third-order valence-electron chi connectivity index (χ3n) is 6.05. The van der Waals surface area contributed by atoms with Crippen LogP contribution in [0.2, 0.25) is 0 Å². The van der Waals surface area contributed by atoms with E-state index in [1.54, 1.807) is 12.1 Å². The van der Waals surface area contributed by atoms with Crippen LogP contribution in [0.25, 0.3) is 0 Å². The molecule has 0 saturated carbocycles. The number of sulfone groups is 1. The lowest BCUT2D eigenvalue weighted by atomic mass is 10.0. The maximum atomic E-state index is 13.0. The van der Waals surface area contributed by atoms with E-state index in [9.17, 15) is 18.0 Å². The molecule has 0 aliphatic carbocycles. The van der Waals surface area contributed by atoms with Crippen molar-refractivity contribution < 1.29 is 22.7 Å². The van der Waals surface area contributed by atoms with Gasteiger partial charge in [0.05, 0.1) is 11.5 Å². The fourth-order valence-electron chi connectivity index (χ4n) is 4.24. The molecule has 2 aromatic carbocycles. The number of likely N-dealkylation sites (tertiary alicyclic amines) is 1. The highest BCUT2D eigenvalue weighted by molar-refractivity contribution is 7.90. The zero-order valence-electron chi connectivity index (χ0n) is 20.0. The summed E-state index contributed by atoms with van der Waals surface area (Å²) in [6, 6.07) is 15.8. The van der Waals surface area contributed by atoms with Crippen LogP contribution in [-0.2, 0) is 14.6 Å². The maximum absolute atomic E-state index is 13.0. The second kappa shape index (κ2) is 12.0. The van der Waals surface area contributed by atoms with E-state index in [2.05, 4.69) is 6.92 Å². The van der Waals surface area contributed by atoms with E-state index >= 15 is 0 Å².